The van der Waals surface area contributed by atoms with Crippen molar-refractivity contribution >= 4 is 39.5 Å². The van der Waals surface area contributed by atoms with Crippen LogP contribution in [0.2, 0.25) is 0 Å². The van der Waals surface area contributed by atoms with Gasteiger partial charge in [0.1, 0.15) is 6.04 Å². The number of aryl methyl sites for hydroxylation is 1. The Morgan fingerprint density at radius 2 is 1.92 bits per heavy atom. The molecule has 1 heterocycles. The van der Waals surface area contributed by atoms with E-state index in [2.05, 4.69) is 33.4 Å². The Morgan fingerprint density at radius 1 is 1.24 bits per heavy atom. The van der Waals surface area contributed by atoms with Crippen molar-refractivity contribution in [3.63, 3.8) is 0 Å². The fourth-order valence-corrected chi connectivity index (χ4v) is 4.20. The summed E-state index contributed by atoms with van der Waals surface area (Å²) >= 11 is 5.08. The Hall–Kier alpha value is -1.01. The molecule has 1 aromatic rings. The molecule has 1 saturated heterocycles. The van der Waals surface area contributed by atoms with Crippen LogP contribution in [0.4, 0.5) is 0 Å². The third-order valence-corrected chi connectivity index (χ3v) is 5.56. The number of carbonyl (C=O) groups is 2. The minimum absolute atomic E-state index is 0.0410. The average molecular weight is 427 g/mol. The van der Waals surface area contributed by atoms with E-state index in [1.807, 2.05) is 32.9 Å². The lowest BCUT2D eigenvalue weighted by atomic mass is 10.1. The van der Waals surface area contributed by atoms with E-state index in [1.54, 1.807) is 16.7 Å². The summed E-state index contributed by atoms with van der Waals surface area (Å²) in [4.78, 5) is 26.6. The van der Waals surface area contributed by atoms with Crippen LogP contribution in [0.3, 0.4) is 0 Å². The van der Waals surface area contributed by atoms with Gasteiger partial charge in [0, 0.05) is 22.2 Å². The molecule has 0 aromatic heterocycles. The largest absolute Gasteiger partial charge is 0.350 e. The van der Waals surface area contributed by atoms with Crippen molar-refractivity contribution in [2.75, 3.05) is 11.6 Å². The SMILES string of the molecule is CC(C)(C)NC(=O)C1CSCN1C(=O)CCCCc1ccc(Br)cc1. The molecule has 4 nitrogen and oxygen atoms in total. The number of amides is 2. The van der Waals surface area contributed by atoms with E-state index in [0.717, 1.165) is 23.7 Å². The van der Waals surface area contributed by atoms with Gasteiger partial charge < -0.3 is 10.2 Å². The fourth-order valence-electron chi connectivity index (χ4n) is 2.76. The highest BCUT2D eigenvalue weighted by Crippen LogP contribution is 2.23. The lowest BCUT2D eigenvalue weighted by Gasteiger charge is -2.27. The molecular weight excluding hydrogens is 400 g/mol. The summed E-state index contributed by atoms with van der Waals surface area (Å²) in [6.07, 6.45) is 3.32. The van der Waals surface area contributed by atoms with Crippen LogP contribution in [0, 0.1) is 0 Å². The van der Waals surface area contributed by atoms with Crippen molar-refractivity contribution in [1.82, 2.24) is 10.2 Å². The molecule has 25 heavy (non-hydrogen) atoms. The number of hydrogen-bond donors (Lipinski definition) is 1. The molecular formula is C19H27BrN2O2S. The molecule has 1 N–H and O–H groups in total. The zero-order valence-corrected chi connectivity index (χ0v) is 17.6. The van der Waals surface area contributed by atoms with Crippen LogP contribution in [0.15, 0.2) is 28.7 Å². The first kappa shape index (κ1) is 20.3. The van der Waals surface area contributed by atoms with Crippen LogP contribution in [0.1, 0.15) is 45.6 Å². The van der Waals surface area contributed by atoms with Gasteiger partial charge in [0.05, 0.1) is 5.88 Å². The third kappa shape index (κ3) is 6.66. The summed E-state index contributed by atoms with van der Waals surface area (Å²) in [5.74, 6) is 1.36. The second-order valence-electron chi connectivity index (χ2n) is 7.45. The van der Waals surface area contributed by atoms with Crippen LogP contribution >= 0.6 is 27.7 Å². The molecule has 1 fully saturated rings. The molecule has 1 aliphatic rings. The van der Waals surface area contributed by atoms with Crippen molar-refractivity contribution in [3.8, 4) is 0 Å². The smallest absolute Gasteiger partial charge is 0.244 e. The number of unbranched alkanes of at least 4 members (excludes halogenated alkanes) is 1. The zero-order valence-electron chi connectivity index (χ0n) is 15.2. The first-order valence-corrected chi connectivity index (χ1v) is 10.6. The molecule has 6 heteroatoms. The quantitative estimate of drug-likeness (QED) is 0.699. The van der Waals surface area contributed by atoms with Crippen LogP contribution in [0.5, 0.6) is 0 Å². The van der Waals surface area contributed by atoms with Gasteiger partial charge in [-0.15, -0.1) is 11.8 Å². The summed E-state index contributed by atoms with van der Waals surface area (Å²) in [6.45, 7) is 5.88. The molecule has 0 saturated carbocycles. The van der Waals surface area contributed by atoms with Gasteiger partial charge in [-0.2, -0.15) is 0 Å². The predicted octanol–water partition coefficient (Wildman–Crippen LogP) is 3.98. The van der Waals surface area contributed by atoms with Crippen molar-refractivity contribution < 1.29 is 9.59 Å². The Kier molecular flexibility index (Phi) is 7.37. The number of carbonyl (C=O) groups excluding carboxylic acids is 2. The first-order valence-electron chi connectivity index (χ1n) is 8.70. The molecule has 2 amide bonds. The maximum atomic E-state index is 12.5. The molecule has 138 valence electrons. The van der Waals surface area contributed by atoms with Crippen molar-refractivity contribution in [1.29, 1.82) is 0 Å². The van der Waals surface area contributed by atoms with Gasteiger partial charge >= 0.3 is 0 Å². The number of hydrogen-bond acceptors (Lipinski definition) is 3. The highest BCUT2D eigenvalue weighted by atomic mass is 79.9. The van der Waals surface area contributed by atoms with E-state index in [-0.39, 0.29) is 23.4 Å². The van der Waals surface area contributed by atoms with E-state index >= 15 is 0 Å². The minimum atomic E-state index is -0.330. The standard InChI is InChI=1S/C19H27BrN2O2S/c1-19(2,3)21-18(24)16-12-25-13-22(16)17(23)7-5-4-6-14-8-10-15(20)11-9-14/h8-11,16H,4-7,12-13H2,1-3H3,(H,21,24). The Balaban J connectivity index is 1.77. The highest BCUT2D eigenvalue weighted by Gasteiger charge is 2.35. The van der Waals surface area contributed by atoms with E-state index in [4.69, 9.17) is 0 Å². The molecule has 0 radical (unpaired) electrons. The van der Waals surface area contributed by atoms with Gasteiger partial charge in [0.25, 0.3) is 0 Å². The summed E-state index contributed by atoms with van der Waals surface area (Å²) in [5, 5.41) is 2.99. The van der Waals surface area contributed by atoms with Crippen molar-refractivity contribution in [3.05, 3.63) is 34.3 Å². The van der Waals surface area contributed by atoms with E-state index < -0.39 is 0 Å². The molecule has 0 spiro atoms. The second-order valence-corrected chi connectivity index (χ2v) is 9.37. The summed E-state index contributed by atoms with van der Waals surface area (Å²) < 4.78 is 1.08. The van der Waals surface area contributed by atoms with Gasteiger partial charge in [-0.3, -0.25) is 9.59 Å². The van der Waals surface area contributed by atoms with E-state index in [0.29, 0.717) is 18.1 Å². The number of nitrogens with one attached hydrogen (secondary N) is 1. The third-order valence-electron chi connectivity index (χ3n) is 4.02. The van der Waals surface area contributed by atoms with Gasteiger partial charge in [-0.25, -0.2) is 0 Å². The molecule has 1 atom stereocenters. The number of thioether (sulfide) groups is 1. The van der Waals surface area contributed by atoms with E-state index in [1.165, 1.54) is 5.56 Å². The van der Waals surface area contributed by atoms with Crippen LogP contribution in [-0.4, -0.2) is 39.9 Å². The van der Waals surface area contributed by atoms with E-state index in [9.17, 15) is 9.59 Å². The molecule has 1 unspecified atom stereocenters. The maximum absolute atomic E-state index is 12.5. The second kappa shape index (κ2) is 9.08. The molecule has 0 bridgehead atoms. The normalized spacial score (nSPS) is 17.6. The average Bonchev–Trinajstić information content (AvgIpc) is 3.01. The van der Waals surface area contributed by atoms with Crippen molar-refractivity contribution in [2.24, 2.45) is 0 Å². The highest BCUT2D eigenvalue weighted by molar-refractivity contribution is 9.10. The zero-order chi connectivity index (χ0) is 18.4. The lowest BCUT2D eigenvalue weighted by Crippen LogP contribution is -2.52. The number of rotatable bonds is 6. The Morgan fingerprint density at radius 3 is 2.56 bits per heavy atom. The van der Waals surface area contributed by atoms with Crippen LogP contribution in [-0.2, 0) is 16.0 Å². The molecule has 0 aliphatic carbocycles. The maximum Gasteiger partial charge on any atom is 0.244 e. The topological polar surface area (TPSA) is 49.4 Å². The first-order chi connectivity index (χ1) is 11.8. The lowest BCUT2D eigenvalue weighted by molar-refractivity contribution is -0.138. The summed E-state index contributed by atoms with van der Waals surface area (Å²) in [6, 6.07) is 7.97. The van der Waals surface area contributed by atoms with Crippen LogP contribution in [0.25, 0.3) is 0 Å². The molecule has 1 aromatic carbocycles. The molecule has 1 aliphatic heterocycles. The van der Waals surface area contributed by atoms with Gasteiger partial charge in [-0.1, -0.05) is 28.1 Å². The number of halogens is 1. The summed E-state index contributed by atoms with van der Waals surface area (Å²) in [5.41, 5.74) is 1.01. The fraction of sp³-hybridized carbons (Fsp3) is 0.579. The number of benzene rings is 1. The van der Waals surface area contributed by atoms with Crippen LogP contribution < -0.4 is 5.32 Å². The predicted molar refractivity (Wildman–Crippen MR) is 108 cm³/mol. The van der Waals surface area contributed by atoms with Gasteiger partial charge in [0.2, 0.25) is 11.8 Å². The number of nitrogens with zero attached hydrogens (tertiary/aromatic N) is 1. The van der Waals surface area contributed by atoms with Gasteiger partial charge in [-0.05, 0) is 57.7 Å². The monoisotopic (exact) mass is 426 g/mol. The molecule has 2 rings (SSSR count). The Labute approximate surface area is 163 Å². The summed E-state index contributed by atoms with van der Waals surface area (Å²) in [7, 11) is 0. The Bertz CT molecular complexity index is 598. The van der Waals surface area contributed by atoms with Crippen molar-refractivity contribution in [2.45, 2.75) is 58.0 Å². The minimum Gasteiger partial charge on any atom is -0.350 e. The van der Waals surface area contributed by atoms with Gasteiger partial charge in [0.15, 0.2) is 0 Å².